The van der Waals surface area contributed by atoms with Crippen molar-refractivity contribution in [2.45, 2.75) is 38.5 Å². The van der Waals surface area contributed by atoms with E-state index >= 15 is 0 Å². The lowest BCUT2D eigenvalue weighted by Crippen LogP contribution is -2.29. The maximum atomic E-state index is 12.5. The van der Waals surface area contributed by atoms with Gasteiger partial charge in [0.1, 0.15) is 11.5 Å². The molecule has 7 heteroatoms. The molecule has 2 aliphatic rings. The molecule has 0 radical (unpaired) electrons. The van der Waals surface area contributed by atoms with Crippen molar-refractivity contribution < 1.29 is 9.59 Å². The van der Waals surface area contributed by atoms with Crippen LogP contribution in [-0.2, 0) is 9.59 Å². The van der Waals surface area contributed by atoms with Gasteiger partial charge in [0.25, 0.3) is 0 Å². The maximum Gasteiger partial charge on any atom is 0.227 e. The monoisotopic (exact) mass is 331 g/mol. The van der Waals surface area contributed by atoms with Gasteiger partial charge in [0.05, 0.1) is 6.20 Å². The zero-order valence-corrected chi connectivity index (χ0v) is 14.4. The van der Waals surface area contributed by atoms with Gasteiger partial charge >= 0.3 is 0 Å². The SMILES string of the molecule is CN(C)c1nc(N2CCCC2)ncc1NC(=O)C1CCC(=O)CC1. The smallest absolute Gasteiger partial charge is 0.227 e. The molecule has 130 valence electrons. The molecule has 0 aromatic carbocycles. The summed E-state index contributed by atoms with van der Waals surface area (Å²) in [6, 6.07) is 0. The van der Waals surface area contributed by atoms with E-state index in [1.165, 1.54) is 12.8 Å². The number of carbonyl (C=O) groups is 2. The summed E-state index contributed by atoms with van der Waals surface area (Å²) in [6.45, 7) is 1.96. The Morgan fingerprint density at radius 3 is 2.54 bits per heavy atom. The molecule has 1 saturated heterocycles. The molecule has 1 aromatic heterocycles. The van der Waals surface area contributed by atoms with Crippen LogP contribution in [0.4, 0.5) is 17.5 Å². The van der Waals surface area contributed by atoms with Crippen LogP contribution in [0, 0.1) is 5.92 Å². The second kappa shape index (κ2) is 7.15. The fraction of sp³-hybridized carbons (Fsp3) is 0.647. The Balaban J connectivity index is 1.74. The van der Waals surface area contributed by atoms with Crippen molar-refractivity contribution in [3.05, 3.63) is 6.20 Å². The van der Waals surface area contributed by atoms with E-state index in [9.17, 15) is 9.59 Å². The Hall–Kier alpha value is -2.18. The second-order valence-electron chi connectivity index (χ2n) is 6.80. The molecule has 3 rings (SSSR count). The minimum atomic E-state index is -0.101. The molecule has 2 heterocycles. The average Bonchev–Trinajstić information content (AvgIpc) is 3.10. The summed E-state index contributed by atoms with van der Waals surface area (Å²) in [4.78, 5) is 36.9. The number of hydrogen-bond acceptors (Lipinski definition) is 6. The molecule has 1 N–H and O–H groups in total. The van der Waals surface area contributed by atoms with Crippen molar-refractivity contribution in [2.75, 3.05) is 42.3 Å². The number of Topliss-reactive ketones (excluding diaryl/α,β-unsaturated/α-hetero) is 1. The lowest BCUT2D eigenvalue weighted by atomic mass is 9.88. The van der Waals surface area contributed by atoms with Crippen LogP contribution in [0.15, 0.2) is 6.20 Å². The summed E-state index contributed by atoms with van der Waals surface area (Å²) in [6.07, 6.45) is 6.30. The van der Waals surface area contributed by atoms with E-state index in [4.69, 9.17) is 0 Å². The fourth-order valence-electron chi connectivity index (χ4n) is 3.30. The van der Waals surface area contributed by atoms with Crippen molar-refractivity contribution in [3.63, 3.8) is 0 Å². The Bertz CT molecular complexity index is 615. The quantitative estimate of drug-likeness (QED) is 0.907. The summed E-state index contributed by atoms with van der Waals surface area (Å²) in [5.41, 5.74) is 0.629. The number of anilines is 3. The Kier molecular flexibility index (Phi) is 4.97. The van der Waals surface area contributed by atoms with Gasteiger partial charge in [0.15, 0.2) is 5.82 Å². The minimum Gasteiger partial charge on any atom is -0.361 e. The van der Waals surface area contributed by atoms with Gasteiger partial charge in [-0.25, -0.2) is 4.98 Å². The van der Waals surface area contributed by atoms with Gasteiger partial charge in [-0.05, 0) is 25.7 Å². The molecule has 0 atom stereocenters. The molecule has 7 nitrogen and oxygen atoms in total. The highest BCUT2D eigenvalue weighted by atomic mass is 16.2. The van der Waals surface area contributed by atoms with Crippen LogP contribution >= 0.6 is 0 Å². The standard InChI is InChI=1S/C17H25N5O2/c1-21(2)15-14(11-18-17(20-15)22-9-3-4-10-22)19-16(24)12-5-7-13(23)8-6-12/h11-12H,3-10H2,1-2H3,(H,19,24). The molecule has 24 heavy (non-hydrogen) atoms. The largest absolute Gasteiger partial charge is 0.361 e. The minimum absolute atomic E-state index is 0.0388. The summed E-state index contributed by atoms with van der Waals surface area (Å²) in [5.74, 6) is 1.55. The van der Waals surface area contributed by atoms with Crippen LogP contribution in [0.3, 0.4) is 0 Å². The van der Waals surface area contributed by atoms with Crippen molar-refractivity contribution in [3.8, 4) is 0 Å². The lowest BCUT2D eigenvalue weighted by molar-refractivity contribution is -0.125. The maximum absolute atomic E-state index is 12.5. The van der Waals surface area contributed by atoms with E-state index in [0.29, 0.717) is 37.2 Å². The molecule has 0 spiro atoms. The number of carbonyl (C=O) groups excluding carboxylic acids is 2. The summed E-state index contributed by atoms with van der Waals surface area (Å²) < 4.78 is 0. The third-order valence-corrected chi connectivity index (χ3v) is 4.74. The van der Waals surface area contributed by atoms with Crippen molar-refractivity contribution in [2.24, 2.45) is 5.92 Å². The fourth-order valence-corrected chi connectivity index (χ4v) is 3.30. The normalized spacial score (nSPS) is 18.8. The predicted molar refractivity (Wildman–Crippen MR) is 93.4 cm³/mol. The Labute approximate surface area is 142 Å². The number of amides is 1. The first kappa shape index (κ1) is 16.7. The third kappa shape index (κ3) is 3.66. The first-order valence-corrected chi connectivity index (χ1v) is 8.66. The highest BCUT2D eigenvalue weighted by Gasteiger charge is 2.26. The second-order valence-corrected chi connectivity index (χ2v) is 6.80. The molecule has 1 saturated carbocycles. The summed E-state index contributed by atoms with van der Waals surface area (Å²) in [5, 5.41) is 2.96. The van der Waals surface area contributed by atoms with Crippen LogP contribution in [-0.4, -0.2) is 48.8 Å². The van der Waals surface area contributed by atoms with Crippen LogP contribution < -0.4 is 15.1 Å². The molecule has 2 fully saturated rings. The summed E-state index contributed by atoms with van der Waals surface area (Å²) in [7, 11) is 3.82. The van der Waals surface area contributed by atoms with Crippen molar-refractivity contribution in [1.82, 2.24) is 9.97 Å². The molecular formula is C17H25N5O2. The van der Waals surface area contributed by atoms with E-state index in [1.807, 2.05) is 19.0 Å². The predicted octanol–water partition coefficient (Wildman–Crippen LogP) is 1.84. The van der Waals surface area contributed by atoms with Gasteiger partial charge in [-0.1, -0.05) is 0 Å². The van der Waals surface area contributed by atoms with Crippen molar-refractivity contribution in [1.29, 1.82) is 0 Å². The number of hydrogen-bond donors (Lipinski definition) is 1. The van der Waals surface area contributed by atoms with E-state index in [1.54, 1.807) is 6.20 Å². The first-order chi connectivity index (χ1) is 11.5. The molecule has 1 aromatic rings. The average molecular weight is 331 g/mol. The van der Waals surface area contributed by atoms with Gasteiger partial charge in [-0.3, -0.25) is 9.59 Å². The lowest BCUT2D eigenvalue weighted by Gasteiger charge is -2.23. The van der Waals surface area contributed by atoms with Crippen LogP contribution in [0.2, 0.25) is 0 Å². The number of nitrogens with zero attached hydrogens (tertiary/aromatic N) is 4. The van der Waals surface area contributed by atoms with Crippen LogP contribution in [0.5, 0.6) is 0 Å². The van der Waals surface area contributed by atoms with Gasteiger partial charge in [0.2, 0.25) is 11.9 Å². The van der Waals surface area contributed by atoms with Gasteiger partial charge < -0.3 is 15.1 Å². The van der Waals surface area contributed by atoms with Gasteiger partial charge in [-0.15, -0.1) is 0 Å². The van der Waals surface area contributed by atoms with Gasteiger partial charge in [-0.2, -0.15) is 4.98 Å². The van der Waals surface area contributed by atoms with Gasteiger partial charge in [0, 0.05) is 45.9 Å². The van der Waals surface area contributed by atoms with Crippen molar-refractivity contribution >= 4 is 29.1 Å². The van der Waals surface area contributed by atoms with E-state index in [2.05, 4.69) is 20.2 Å². The number of rotatable bonds is 4. The highest BCUT2D eigenvalue weighted by Crippen LogP contribution is 2.28. The molecule has 1 amide bonds. The number of ketones is 1. The molecule has 0 unspecified atom stereocenters. The Morgan fingerprint density at radius 2 is 1.92 bits per heavy atom. The number of nitrogens with one attached hydrogen (secondary N) is 1. The molecule has 0 bridgehead atoms. The van der Waals surface area contributed by atoms with Crippen LogP contribution in [0.25, 0.3) is 0 Å². The highest BCUT2D eigenvalue weighted by molar-refractivity contribution is 5.96. The zero-order chi connectivity index (χ0) is 17.1. The summed E-state index contributed by atoms with van der Waals surface area (Å²) >= 11 is 0. The molecule has 1 aliphatic carbocycles. The third-order valence-electron chi connectivity index (χ3n) is 4.74. The van der Waals surface area contributed by atoms with E-state index in [-0.39, 0.29) is 17.6 Å². The zero-order valence-electron chi connectivity index (χ0n) is 14.4. The topological polar surface area (TPSA) is 78.4 Å². The van der Waals surface area contributed by atoms with Crippen LogP contribution in [0.1, 0.15) is 38.5 Å². The molecular weight excluding hydrogens is 306 g/mol. The first-order valence-electron chi connectivity index (χ1n) is 8.66. The number of aromatic nitrogens is 2. The van der Waals surface area contributed by atoms with E-state index < -0.39 is 0 Å². The van der Waals surface area contributed by atoms with E-state index in [0.717, 1.165) is 19.0 Å². The Morgan fingerprint density at radius 1 is 1.25 bits per heavy atom. The molecule has 1 aliphatic heterocycles.